The summed E-state index contributed by atoms with van der Waals surface area (Å²) in [5.41, 5.74) is 0.0201. The van der Waals surface area contributed by atoms with Gasteiger partial charge in [0.25, 0.3) is 5.91 Å². The van der Waals surface area contributed by atoms with Gasteiger partial charge in [-0.15, -0.1) is 0 Å². The average Bonchev–Trinajstić information content (AvgIpc) is 2.77. The Hall–Kier alpha value is -2.58. The number of rotatable bonds is 5. The van der Waals surface area contributed by atoms with Crippen LogP contribution in [0.25, 0.3) is 0 Å². The third-order valence-electron chi connectivity index (χ3n) is 3.90. The number of benzene rings is 1. The van der Waals surface area contributed by atoms with Gasteiger partial charge in [-0.1, -0.05) is 18.6 Å². The molecule has 0 unspecified atom stereocenters. The smallest absolute Gasteiger partial charge is 0.343 e. The summed E-state index contributed by atoms with van der Waals surface area (Å²) in [5, 5.41) is 4.27. The molecule has 9 heteroatoms. The standard InChI is InChI=1S/C17H20F3N3O3/c18-17(19,20)11-21-16(26)12-6-3-4-7-13(12)22-14(24)10-23-9-5-1-2-8-15(23)25/h3-4,6-7H,1-2,5,8-11H2,(H,21,26)(H,22,24). The molecular formula is C17H20F3N3O3. The molecule has 1 aromatic rings. The second-order valence-electron chi connectivity index (χ2n) is 6.02. The van der Waals surface area contributed by atoms with E-state index in [1.807, 2.05) is 0 Å². The van der Waals surface area contributed by atoms with E-state index < -0.39 is 24.5 Å². The Balaban J connectivity index is 2.01. The van der Waals surface area contributed by atoms with Gasteiger partial charge in [-0.05, 0) is 25.0 Å². The van der Waals surface area contributed by atoms with Crippen LogP contribution in [0.5, 0.6) is 0 Å². The average molecular weight is 371 g/mol. The molecule has 2 N–H and O–H groups in total. The number of nitrogens with one attached hydrogen (secondary N) is 2. The van der Waals surface area contributed by atoms with Crippen molar-refractivity contribution in [2.75, 3.05) is 25.0 Å². The fourth-order valence-corrected chi connectivity index (χ4v) is 2.63. The van der Waals surface area contributed by atoms with Crippen LogP contribution in [-0.2, 0) is 9.59 Å². The van der Waals surface area contributed by atoms with Crippen molar-refractivity contribution in [3.63, 3.8) is 0 Å². The van der Waals surface area contributed by atoms with Crippen LogP contribution < -0.4 is 10.6 Å². The van der Waals surface area contributed by atoms with Gasteiger partial charge in [-0.3, -0.25) is 14.4 Å². The second kappa shape index (κ2) is 8.68. The first-order valence-electron chi connectivity index (χ1n) is 8.28. The molecule has 0 radical (unpaired) electrons. The third-order valence-corrected chi connectivity index (χ3v) is 3.90. The van der Waals surface area contributed by atoms with Crippen LogP contribution in [0.1, 0.15) is 36.0 Å². The molecule has 1 heterocycles. The van der Waals surface area contributed by atoms with Crippen LogP contribution in [0.4, 0.5) is 18.9 Å². The van der Waals surface area contributed by atoms with Crippen LogP contribution in [0.3, 0.4) is 0 Å². The Morgan fingerprint density at radius 2 is 1.85 bits per heavy atom. The maximum Gasteiger partial charge on any atom is 0.405 e. The molecule has 142 valence electrons. The Morgan fingerprint density at radius 1 is 1.12 bits per heavy atom. The number of likely N-dealkylation sites (tertiary alicyclic amines) is 1. The molecule has 2 rings (SSSR count). The number of alkyl halides is 3. The van der Waals surface area contributed by atoms with Crippen LogP contribution in [0.15, 0.2) is 24.3 Å². The largest absolute Gasteiger partial charge is 0.405 e. The maximum absolute atomic E-state index is 12.3. The van der Waals surface area contributed by atoms with E-state index in [0.717, 1.165) is 19.3 Å². The minimum absolute atomic E-state index is 0.0766. The fourth-order valence-electron chi connectivity index (χ4n) is 2.63. The van der Waals surface area contributed by atoms with Crippen LogP contribution in [-0.4, -0.2) is 48.4 Å². The summed E-state index contributed by atoms with van der Waals surface area (Å²) in [5.74, 6) is -1.55. The highest BCUT2D eigenvalue weighted by molar-refractivity contribution is 6.04. The second-order valence-corrected chi connectivity index (χ2v) is 6.02. The summed E-state index contributed by atoms with van der Waals surface area (Å²) < 4.78 is 36.8. The summed E-state index contributed by atoms with van der Waals surface area (Å²) in [4.78, 5) is 37.6. The fraction of sp³-hybridized carbons (Fsp3) is 0.471. The third kappa shape index (κ3) is 6.05. The zero-order valence-corrected chi connectivity index (χ0v) is 14.1. The molecule has 1 saturated heterocycles. The van der Waals surface area contributed by atoms with E-state index in [4.69, 9.17) is 0 Å². The maximum atomic E-state index is 12.3. The van der Waals surface area contributed by atoms with E-state index in [1.54, 1.807) is 11.4 Å². The summed E-state index contributed by atoms with van der Waals surface area (Å²) >= 11 is 0. The summed E-state index contributed by atoms with van der Waals surface area (Å²) in [6.45, 7) is -1.13. The number of para-hydroxylation sites is 1. The van der Waals surface area contributed by atoms with Gasteiger partial charge in [0, 0.05) is 13.0 Å². The van der Waals surface area contributed by atoms with Gasteiger partial charge < -0.3 is 15.5 Å². The lowest BCUT2D eigenvalue weighted by Gasteiger charge is -2.20. The molecule has 0 atom stereocenters. The van der Waals surface area contributed by atoms with Crippen molar-refractivity contribution >= 4 is 23.4 Å². The molecule has 1 fully saturated rings. The van der Waals surface area contributed by atoms with Crippen molar-refractivity contribution in [1.29, 1.82) is 0 Å². The normalized spacial score (nSPS) is 15.3. The molecule has 6 nitrogen and oxygen atoms in total. The van der Waals surface area contributed by atoms with Gasteiger partial charge in [0.05, 0.1) is 17.8 Å². The molecule has 0 spiro atoms. The van der Waals surface area contributed by atoms with E-state index in [2.05, 4.69) is 5.32 Å². The van der Waals surface area contributed by atoms with E-state index in [-0.39, 0.29) is 23.7 Å². The van der Waals surface area contributed by atoms with Crippen molar-refractivity contribution in [3.05, 3.63) is 29.8 Å². The number of hydrogen-bond donors (Lipinski definition) is 2. The highest BCUT2D eigenvalue weighted by atomic mass is 19.4. The summed E-state index contributed by atoms with van der Waals surface area (Å²) in [7, 11) is 0. The van der Waals surface area contributed by atoms with Gasteiger partial charge in [-0.25, -0.2) is 0 Å². The molecule has 0 aromatic heterocycles. The molecule has 0 saturated carbocycles. The topological polar surface area (TPSA) is 78.5 Å². The lowest BCUT2D eigenvalue weighted by atomic mass is 10.1. The van der Waals surface area contributed by atoms with Crippen LogP contribution in [0.2, 0.25) is 0 Å². The number of halogens is 3. The molecule has 0 aliphatic carbocycles. The molecule has 1 aliphatic rings. The quantitative estimate of drug-likeness (QED) is 0.834. The monoisotopic (exact) mass is 371 g/mol. The van der Waals surface area contributed by atoms with Crippen molar-refractivity contribution < 1.29 is 27.6 Å². The van der Waals surface area contributed by atoms with Crippen molar-refractivity contribution in [2.24, 2.45) is 0 Å². The molecule has 1 aliphatic heterocycles. The zero-order chi connectivity index (χ0) is 19.2. The van der Waals surface area contributed by atoms with Crippen molar-refractivity contribution in [3.8, 4) is 0 Å². The molecule has 1 aromatic carbocycles. The number of carbonyl (C=O) groups is 3. The zero-order valence-electron chi connectivity index (χ0n) is 14.1. The van der Waals surface area contributed by atoms with Gasteiger partial charge in [0.2, 0.25) is 11.8 Å². The molecular weight excluding hydrogens is 351 g/mol. The predicted molar refractivity (Wildman–Crippen MR) is 88.5 cm³/mol. The lowest BCUT2D eigenvalue weighted by molar-refractivity contribution is -0.134. The van der Waals surface area contributed by atoms with Gasteiger partial charge in [0.15, 0.2) is 0 Å². The first kappa shape index (κ1) is 19.7. The Bertz CT molecular complexity index is 677. The van der Waals surface area contributed by atoms with E-state index in [1.165, 1.54) is 23.1 Å². The highest BCUT2D eigenvalue weighted by Crippen LogP contribution is 2.17. The summed E-state index contributed by atoms with van der Waals surface area (Å²) in [6, 6.07) is 5.77. The minimum Gasteiger partial charge on any atom is -0.343 e. The Morgan fingerprint density at radius 3 is 2.58 bits per heavy atom. The Labute approximate surface area is 148 Å². The van der Waals surface area contributed by atoms with E-state index in [0.29, 0.717) is 13.0 Å². The van der Waals surface area contributed by atoms with Crippen LogP contribution in [0, 0.1) is 0 Å². The summed E-state index contributed by atoms with van der Waals surface area (Å²) in [6.07, 6.45) is -1.61. The highest BCUT2D eigenvalue weighted by Gasteiger charge is 2.28. The number of amides is 3. The molecule has 0 bridgehead atoms. The van der Waals surface area contributed by atoms with Gasteiger partial charge in [0.1, 0.15) is 6.54 Å². The number of hydrogen-bond acceptors (Lipinski definition) is 3. The van der Waals surface area contributed by atoms with E-state index in [9.17, 15) is 27.6 Å². The minimum atomic E-state index is -4.53. The van der Waals surface area contributed by atoms with Gasteiger partial charge >= 0.3 is 6.18 Å². The van der Waals surface area contributed by atoms with Crippen molar-refractivity contribution in [2.45, 2.75) is 31.9 Å². The lowest BCUT2D eigenvalue weighted by Crippen LogP contribution is -2.38. The predicted octanol–water partition coefficient (Wildman–Crippen LogP) is 2.32. The Kier molecular flexibility index (Phi) is 6.59. The van der Waals surface area contributed by atoms with Crippen molar-refractivity contribution in [1.82, 2.24) is 10.2 Å². The first-order valence-corrected chi connectivity index (χ1v) is 8.28. The SMILES string of the molecule is O=C(CN1CCCCCC1=O)Nc1ccccc1C(=O)NCC(F)(F)F. The van der Waals surface area contributed by atoms with E-state index >= 15 is 0 Å². The first-order chi connectivity index (χ1) is 12.3. The number of nitrogens with zero attached hydrogens (tertiary/aromatic N) is 1. The van der Waals surface area contributed by atoms with Crippen LogP contribution >= 0.6 is 0 Å². The molecule has 3 amide bonds. The number of anilines is 1. The van der Waals surface area contributed by atoms with Gasteiger partial charge in [-0.2, -0.15) is 13.2 Å². The molecule has 26 heavy (non-hydrogen) atoms. The number of carbonyl (C=O) groups excluding carboxylic acids is 3.